The first-order valence-corrected chi connectivity index (χ1v) is 3.09. The van der Waals surface area contributed by atoms with Gasteiger partial charge < -0.3 is 10.6 Å². The summed E-state index contributed by atoms with van der Waals surface area (Å²) >= 11 is 0. The number of carbonyl (C=O) groups is 1. The molecule has 2 N–H and O–H groups in total. The van der Waals surface area contributed by atoms with Gasteiger partial charge in [-0.1, -0.05) is 0 Å². The molecular weight excluding hydrogens is 116 g/mol. The predicted molar refractivity (Wildman–Crippen MR) is 32.3 cm³/mol. The van der Waals surface area contributed by atoms with Crippen molar-refractivity contribution < 1.29 is 4.79 Å². The summed E-state index contributed by atoms with van der Waals surface area (Å²) in [6.07, 6.45) is 2.55. The topological polar surface area (TPSA) is 41.1 Å². The predicted octanol–water partition coefficient (Wildman–Crippen LogP) is -0.433. The molecule has 1 amide bonds. The number of amides is 1. The molecule has 0 bridgehead atoms. The average Bonchev–Trinajstić information content (AvgIpc) is 2.22. The zero-order chi connectivity index (χ0) is 6.27. The van der Waals surface area contributed by atoms with Crippen LogP contribution in [-0.4, -0.2) is 12.5 Å². The van der Waals surface area contributed by atoms with Gasteiger partial charge in [0.25, 0.3) is 0 Å². The van der Waals surface area contributed by atoms with E-state index in [9.17, 15) is 4.79 Å². The summed E-state index contributed by atoms with van der Waals surface area (Å²) in [7, 11) is 0. The second-order valence-corrected chi connectivity index (χ2v) is 2.46. The Balaban J connectivity index is 2.24. The zero-order valence-corrected chi connectivity index (χ0v) is 4.98. The molecule has 2 aliphatic heterocycles. The summed E-state index contributed by atoms with van der Waals surface area (Å²) < 4.78 is 0. The Morgan fingerprint density at radius 2 is 2.56 bits per heavy atom. The Morgan fingerprint density at radius 3 is 3.33 bits per heavy atom. The van der Waals surface area contributed by atoms with Gasteiger partial charge in [0.1, 0.15) is 0 Å². The van der Waals surface area contributed by atoms with Crippen LogP contribution in [0.4, 0.5) is 0 Å². The van der Waals surface area contributed by atoms with E-state index in [1.807, 2.05) is 6.20 Å². The van der Waals surface area contributed by atoms with E-state index in [2.05, 4.69) is 10.6 Å². The summed E-state index contributed by atoms with van der Waals surface area (Å²) in [6, 6.07) is 0. The molecule has 1 saturated heterocycles. The second kappa shape index (κ2) is 1.50. The summed E-state index contributed by atoms with van der Waals surface area (Å²) in [5.74, 6) is 0.602. The van der Waals surface area contributed by atoms with Crippen molar-refractivity contribution in [3.63, 3.8) is 0 Å². The lowest BCUT2D eigenvalue weighted by molar-refractivity contribution is -0.119. The first kappa shape index (κ1) is 4.85. The first-order valence-electron chi connectivity index (χ1n) is 3.09. The maximum Gasteiger partial charge on any atom is 0.224 e. The van der Waals surface area contributed by atoms with E-state index in [-0.39, 0.29) is 5.91 Å². The Hall–Kier alpha value is -0.990. The molecule has 0 saturated carbocycles. The second-order valence-electron chi connectivity index (χ2n) is 2.46. The largest absolute Gasteiger partial charge is 0.389 e. The van der Waals surface area contributed by atoms with Crippen LogP contribution in [0.3, 0.4) is 0 Å². The fourth-order valence-corrected chi connectivity index (χ4v) is 1.30. The van der Waals surface area contributed by atoms with Gasteiger partial charge >= 0.3 is 0 Å². The SMILES string of the molecule is O=C1CC2CNC=C2N1. The fraction of sp³-hybridized carbons (Fsp3) is 0.500. The van der Waals surface area contributed by atoms with Crippen LogP contribution >= 0.6 is 0 Å². The van der Waals surface area contributed by atoms with Gasteiger partial charge in [-0.25, -0.2) is 0 Å². The molecule has 0 radical (unpaired) electrons. The van der Waals surface area contributed by atoms with Crippen molar-refractivity contribution in [1.82, 2.24) is 10.6 Å². The van der Waals surface area contributed by atoms with E-state index in [4.69, 9.17) is 0 Å². The van der Waals surface area contributed by atoms with Crippen LogP contribution in [0.25, 0.3) is 0 Å². The fourth-order valence-electron chi connectivity index (χ4n) is 1.30. The van der Waals surface area contributed by atoms with Gasteiger partial charge in [-0.05, 0) is 0 Å². The third-order valence-corrected chi connectivity index (χ3v) is 1.78. The highest BCUT2D eigenvalue weighted by atomic mass is 16.1. The highest BCUT2D eigenvalue weighted by Gasteiger charge is 2.29. The molecule has 2 rings (SSSR count). The van der Waals surface area contributed by atoms with Crippen LogP contribution in [0, 0.1) is 5.92 Å². The lowest BCUT2D eigenvalue weighted by Crippen LogP contribution is -2.12. The molecule has 9 heavy (non-hydrogen) atoms. The molecule has 1 fully saturated rings. The van der Waals surface area contributed by atoms with Crippen molar-refractivity contribution in [3.8, 4) is 0 Å². The molecule has 3 heteroatoms. The van der Waals surface area contributed by atoms with Crippen molar-refractivity contribution in [1.29, 1.82) is 0 Å². The van der Waals surface area contributed by atoms with Crippen LogP contribution in [-0.2, 0) is 4.79 Å². The summed E-state index contributed by atoms with van der Waals surface area (Å²) in [5.41, 5.74) is 1.07. The third-order valence-electron chi connectivity index (χ3n) is 1.78. The number of fused-ring (bicyclic) bond motifs is 1. The van der Waals surface area contributed by atoms with E-state index in [0.717, 1.165) is 12.2 Å². The maximum atomic E-state index is 10.7. The van der Waals surface area contributed by atoms with Crippen LogP contribution < -0.4 is 10.6 Å². The van der Waals surface area contributed by atoms with E-state index >= 15 is 0 Å². The highest BCUT2D eigenvalue weighted by molar-refractivity contribution is 5.82. The minimum Gasteiger partial charge on any atom is -0.389 e. The monoisotopic (exact) mass is 124 g/mol. The summed E-state index contributed by atoms with van der Waals surface area (Å²) in [6.45, 7) is 0.925. The van der Waals surface area contributed by atoms with Gasteiger partial charge in [0.15, 0.2) is 0 Å². The Bertz CT molecular complexity index is 185. The standard InChI is InChI=1S/C6H8N2O/c9-6-1-4-2-7-3-5(4)8-6/h3-4,7H,1-2H2,(H,8,9). The van der Waals surface area contributed by atoms with Gasteiger partial charge in [-0.3, -0.25) is 4.79 Å². The van der Waals surface area contributed by atoms with E-state index in [1.54, 1.807) is 0 Å². The number of carbonyl (C=O) groups excluding carboxylic acids is 1. The van der Waals surface area contributed by atoms with Crippen LogP contribution in [0.5, 0.6) is 0 Å². The summed E-state index contributed by atoms with van der Waals surface area (Å²) in [4.78, 5) is 10.7. The quantitative estimate of drug-likeness (QED) is 0.460. The van der Waals surface area contributed by atoms with E-state index < -0.39 is 0 Å². The number of rotatable bonds is 0. The Kier molecular flexibility index (Phi) is 0.806. The van der Waals surface area contributed by atoms with Crippen molar-refractivity contribution >= 4 is 5.91 Å². The molecule has 2 heterocycles. The molecule has 0 aliphatic carbocycles. The molecular formula is C6H8N2O. The van der Waals surface area contributed by atoms with Crippen LogP contribution in [0.15, 0.2) is 11.9 Å². The molecule has 2 aliphatic rings. The van der Waals surface area contributed by atoms with Crippen molar-refractivity contribution in [3.05, 3.63) is 11.9 Å². The smallest absolute Gasteiger partial charge is 0.224 e. The maximum absolute atomic E-state index is 10.7. The molecule has 1 atom stereocenters. The van der Waals surface area contributed by atoms with Gasteiger partial charge in [0.2, 0.25) is 5.91 Å². The summed E-state index contributed by atoms with van der Waals surface area (Å²) in [5, 5.41) is 5.84. The van der Waals surface area contributed by atoms with E-state index in [0.29, 0.717) is 12.3 Å². The van der Waals surface area contributed by atoms with Crippen LogP contribution in [0.2, 0.25) is 0 Å². The average molecular weight is 124 g/mol. The number of nitrogens with one attached hydrogen (secondary N) is 2. The number of hydrogen-bond acceptors (Lipinski definition) is 2. The molecule has 0 spiro atoms. The van der Waals surface area contributed by atoms with Gasteiger partial charge in [-0.15, -0.1) is 0 Å². The molecule has 48 valence electrons. The lowest BCUT2D eigenvalue weighted by Gasteiger charge is -1.95. The minimum absolute atomic E-state index is 0.160. The Labute approximate surface area is 53.1 Å². The Morgan fingerprint density at radius 1 is 1.67 bits per heavy atom. The van der Waals surface area contributed by atoms with E-state index in [1.165, 1.54) is 0 Å². The molecule has 0 aromatic rings. The lowest BCUT2D eigenvalue weighted by atomic mass is 10.1. The minimum atomic E-state index is 0.160. The van der Waals surface area contributed by atoms with Gasteiger partial charge in [0.05, 0.1) is 0 Å². The normalized spacial score (nSPS) is 30.9. The molecule has 3 nitrogen and oxygen atoms in total. The highest BCUT2D eigenvalue weighted by Crippen LogP contribution is 2.21. The first-order chi connectivity index (χ1) is 4.36. The van der Waals surface area contributed by atoms with Crippen molar-refractivity contribution in [2.45, 2.75) is 6.42 Å². The van der Waals surface area contributed by atoms with Gasteiger partial charge in [-0.2, -0.15) is 0 Å². The molecule has 0 aromatic carbocycles. The van der Waals surface area contributed by atoms with Gasteiger partial charge in [0, 0.05) is 30.8 Å². The number of hydrogen-bond donors (Lipinski definition) is 2. The third kappa shape index (κ3) is 0.608. The van der Waals surface area contributed by atoms with Crippen LogP contribution in [0.1, 0.15) is 6.42 Å². The van der Waals surface area contributed by atoms with Crippen molar-refractivity contribution in [2.75, 3.05) is 6.54 Å². The molecule has 0 aromatic heterocycles. The molecule has 1 unspecified atom stereocenters. The van der Waals surface area contributed by atoms with Crippen molar-refractivity contribution in [2.24, 2.45) is 5.92 Å². The zero-order valence-electron chi connectivity index (χ0n) is 4.98.